The molecule has 1 amide bonds. The normalized spacial score (nSPS) is 10.7. The van der Waals surface area contributed by atoms with E-state index in [1.807, 2.05) is 25.1 Å². The monoisotopic (exact) mass is 401 g/mol. The van der Waals surface area contributed by atoms with Crippen LogP contribution in [-0.4, -0.2) is 34.2 Å². The topological polar surface area (TPSA) is 84.3 Å². The molecule has 0 radical (unpaired) electrons. The average Bonchev–Trinajstić information content (AvgIpc) is 2.60. The minimum Gasteiger partial charge on any atom is -0.490 e. The van der Waals surface area contributed by atoms with Gasteiger partial charge in [0.2, 0.25) is 0 Å². The van der Waals surface area contributed by atoms with Crippen molar-refractivity contribution in [1.29, 1.82) is 0 Å². The van der Waals surface area contributed by atoms with Crippen molar-refractivity contribution in [3.8, 4) is 5.75 Å². The van der Waals surface area contributed by atoms with Crippen molar-refractivity contribution in [3.63, 3.8) is 0 Å². The number of amides is 1. The zero-order valence-corrected chi connectivity index (χ0v) is 15.1. The van der Waals surface area contributed by atoms with E-state index in [1.54, 1.807) is 24.3 Å². The van der Waals surface area contributed by atoms with Crippen LogP contribution in [0.3, 0.4) is 0 Å². The van der Waals surface area contributed by atoms with Crippen LogP contribution in [0, 0.1) is 6.92 Å². The number of nitrogens with one attached hydrogen (secondary N) is 1. The maximum absolute atomic E-state index is 12.5. The third-order valence-corrected chi connectivity index (χ3v) is 4.13. The Balaban J connectivity index is 1.82. The van der Waals surface area contributed by atoms with Crippen LogP contribution < -0.4 is 10.1 Å². The van der Waals surface area contributed by atoms with Gasteiger partial charge in [-0.2, -0.15) is 0 Å². The number of ether oxygens (including phenoxy) is 1. The van der Waals surface area contributed by atoms with Crippen LogP contribution in [-0.2, 0) is 0 Å². The summed E-state index contributed by atoms with van der Waals surface area (Å²) >= 11 is 3.35. The molecule has 0 aliphatic carbocycles. The number of rotatable bonds is 5. The summed E-state index contributed by atoms with van der Waals surface area (Å²) in [6, 6.07) is 12.5. The molecular formula is C18H16BrN3O3. The van der Waals surface area contributed by atoms with Crippen LogP contribution in [0.4, 0.5) is 5.82 Å². The molecule has 0 atom stereocenters. The van der Waals surface area contributed by atoms with Gasteiger partial charge in [0.05, 0.1) is 11.1 Å². The van der Waals surface area contributed by atoms with Crippen molar-refractivity contribution in [3.05, 3.63) is 58.2 Å². The molecule has 0 saturated carbocycles. The highest BCUT2D eigenvalue weighted by Crippen LogP contribution is 2.26. The Morgan fingerprint density at radius 3 is 2.80 bits per heavy atom. The molecule has 0 spiro atoms. The molecule has 3 aromatic rings. The number of hydrogen-bond donors (Lipinski definition) is 2. The summed E-state index contributed by atoms with van der Waals surface area (Å²) in [6.07, 6.45) is 0. The van der Waals surface area contributed by atoms with Gasteiger partial charge in [-0.3, -0.25) is 4.79 Å². The molecule has 128 valence electrons. The van der Waals surface area contributed by atoms with Gasteiger partial charge in [-0.1, -0.05) is 0 Å². The summed E-state index contributed by atoms with van der Waals surface area (Å²) in [5, 5.41) is 12.5. The number of carbonyl (C=O) groups excluding carboxylic acids is 1. The number of nitrogens with zero attached hydrogens (tertiary/aromatic N) is 2. The SMILES string of the molecule is Cc1ccc2ccc(NC(=O)c3ccc(Br)c(OCCO)c3)nc2n1. The fourth-order valence-electron chi connectivity index (χ4n) is 2.26. The molecule has 0 unspecified atom stereocenters. The highest BCUT2D eigenvalue weighted by molar-refractivity contribution is 9.10. The number of aliphatic hydroxyl groups excluding tert-OH is 1. The molecule has 1 aromatic carbocycles. The number of aromatic nitrogens is 2. The van der Waals surface area contributed by atoms with Crippen molar-refractivity contribution in [2.45, 2.75) is 6.92 Å². The highest BCUT2D eigenvalue weighted by atomic mass is 79.9. The zero-order chi connectivity index (χ0) is 17.8. The van der Waals surface area contributed by atoms with Crippen molar-refractivity contribution in [1.82, 2.24) is 9.97 Å². The van der Waals surface area contributed by atoms with Gasteiger partial charge < -0.3 is 15.2 Å². The molecule has 3 rings (SSSR count). The van der Waals surface area contributed by atoms with Gasteiger partial charge in [-0.15, -0.1) is 0 Å². The summed E-state index contributed by atoms with van der Waals surface area (Å²) in [4.78, 5) is 21.2. The van der Waals surface area contributed by atoms with Crippen molar-refractivity contribution >= 4 is 38.7 Å². The van der Waals surface area contributed by atoms with Crippen molar-refractivity contribution in [2.24, 2.45) is 0 Å². The van der Waals surface area contributed by atoms with Crippen LogP contribution in [0.2, 0.25) is 0 Å². The number of hydrogen-bond acceptors (Lipinski definition) is 5. The number of benzene rings is 1. The van der Waals surface area contributed by atoms with Crippen LogP contribution in [0.25, 0.3) is 11.0 Å². The lowest BCUT2D eigenvalue weighted by Crippen LogP contribution is -2.13. The number of halogens is 1. The molecule has 2 heterocycles. The molecule has 0 bridgehead atoms. The molecule has 2 aromatic heterocycles. The van der Waals surface area contributed by atoms with E-state index < -0.39 is 0 Å². The number of aliphatic hydroxyl groups is 1. The second-order valence-electron chi connectivity index (χ2n) is 5.37. The number of pyridine rings is 2. The molecule has 6 nitrogen and oxygen atoms in total. The Hall–Kier alpha value is -2.51. The fraction of sp³-hybridized carbons (Fsp3) is 0.167. The largest absolute Gasteiger partial charge is 0.490 e. The number of fused-ring (bicyclic) bond motifs is 1. The smallest absolute Gasteiger partial charge is 0.256 e. The Kier molecular flexibility index (Phi) is 5.25. The van der Waals surface area contributed by atoms with Crippen molar-refractivity contribution < 1.29 is 14.6 Å². The van der Waals surface area contributed by atoms with Gasteiger partial charge >= 0.3 is 0 Å². The van der Waals surface area contributed by atoms with E-state index >= 15 is 0 Å². The first-order chi connectivity index (χ1) is 12.1. The van der Waals surface area contributed by atoms with E-state index in [0.717, 1.165) is 11.1 Å². The lowest BCUT2D eigenvalue weighted by Gasteiger charge is -2.10. The van der Waals surface area contributed by atoms with Gasteiger partial charge in [0.25, 0.3) is 5.91 Å². The fourth-order valence-corrected chi connectivity index (χ4v) is 2.62. The van der Waals surface area contributed by atoms with Crippen LogP contribution >= 0.6 is 15.9 Å². The minimum absolute atomic E-state index is 0.101. The van der Waals surface area contributed by atoms with Crippen LogP contribution in [0.15, 0.2) is 46.9 Å². The van der Waals surface area contributed by atoms with Crippen LogP contribution in [0.5, 0.6) is 5.75 Å². The second kappa shape index (κ2) is 7.58. The molecule has 0 aliphatic rings. The lowest BCUT2D eigenvalue weighted by atomic mass is 10.2. The first-order valence-electron chi connectivity index (χ1n) is 7.66. The van der Waals surface area contributed by atoms with Gasteiger partial charge in [-0.05, 0) is 65.3 Å². The molecule has 2 N–H and O–H groups in total. The summed E-state index contributed by atoms with van der Waals surface area (Å²) in [5.74, 6) is 0.614. The molecular weight excluding hydrogens is 386 g/mol. The average molecular weight is 402 g/mol. The van der Waals surface area contributed by atoms with E-state index in [0.29, 0.717) is 27.3 Å². The van der Waals surface area contributed by atoms with Crippen LogP contribution in [0.1, 0.15) is 16.1 Å². The second-order valence-corrected chi connectivity index (χ2v) is 6.22. The number of anilines is 1. The van der Waals surface area contributed by atoms with Gasteiger partial charge in [0.1, 0.15) is 18.2 Å². The Morgan fingerprint density at radius 1 is 1.20 bits per heavy atom. The first-order valence-corrected chi connectivity index (χ1v) is 8.45. The molecule has 0 saturated heterocycles. The number of aryl methyl sites for hydroxylation is 1. The maximum atomic E-state index is 12.5. The molecule has 0 fully saturated rings. The predicted molar refractivity (Wildman–Crippen MR) is 99.0 cm³/mol. The summed E-state index contributed by atoms with van der Waals surface area (Å²) in [5.41, 5.74) is 1.87. The van der Waals surface area contributed by atoms with E-state index in [-0.39, 0.29) is 19.1 Å². The quantitative estimate of drug-likeness (QED) is 0.684. The summed E-state index contributed by atoms with van der Waals surface area (Å²) in [6.45, 7) is 1.94. The summed E-state index contributed by atoms with van der Waals surface area (Å²) in [7, 11) is 0. The third kappa shape index (κ3) is 4.12. The first kappa shape index (κ1) is 17.3. The van der Waals surface area contributed by atoms with E-state index in [9.17, 15) is 4.79 Å². The Labute approximate surface area is 153 Å². The molecule has 0 aliphatic heterocycles. The van der Waals surface area contributed by atoms with Gasteiger partial charge in [-0.25, -0.2) is 9.97 Å². The van der Waals surface area contributed by atoms with E-state index in [2.05, 4.69) is 31.2 Å². The molecule has 25 heavy (non-hydrogen) atoms. The number of carbonyl (C=O) groups is 1. The Bertz CT molecular complexity index is 931. The predicted octanol–water partition coefficient (Wildman–Crippen LogP) is 3.32. The summed E-state index contributed by atoms with van der Waals surface area (Å²) < 4.78 is 6.10. The van der Waals surface area contributed by atoms with Gasteiger partial charge in [0, 0.05) is 16.6 Å². The maximum Gasteiger partial charge on any atom is 0.256 e. The van der Waals surface area contributed by atoms with E-state index in [4.69, 9.17) is 9.84 Å². The zero-order valence-electron chi connectivity index (χ0n) is 13.5. The molecule has 7 heteroatoms. The van der Waals surface area contributed by atoms with E-state index in [1.165, 1.54) is 0 Å². The Morgan fingerprint density at radius 2 is 2.00 bits per heavy atom. The highest BCUT2D eigenvalue weighted by Gasteiger charge is 2.11. The lowest BCUT2D eigenvalue weighted by molar-refractivity contribution is 0.102. The van der Waals surface area contributed by atoms with Gasteiger partial charge in [0.15, 0.2) is 5.65 Å². The minimum atomic E-state index is -0.305. The van der Waals surface area contributed by atoms with Crippen molar-refractivity contribution in [2.75, 3.05) is 18.5 Å². The third-order valence-electron chi connectivity index (χ3n) is 3.48. The standard InChI is InChI=1S/C18H16BrN3O3/c1-11-2-3-12-5-7-16(21-17(12)20-11)22-18(24)13-4-6-14(19)15(10-13)25-9-8-23/h2-7,10,23H,8-9H2,1H3,(H,20,21,22,24).